The minimum atomic E-state index is -0.108. The van der Waals surface area contributed by atoms with Gasteiger partial charge in [0.15, 0.2) is 0 Å². The Morgan fingerprint density at radius 1 is 0.538 bits per heavy atom. The third-order valence-corrected chi connectivity index (χ3v) is 4.45. The fraction of sp³-hybridized carbons (Fsp3) is 0. The molecular weight excluding hydrogens is 219 g/mol. The van der Waals surface area contributed by atoms with Crippen LogP contribution in [0.5, 0.6) is 0 Å². The van der Waals surface area contributed by atoms with Crippen LogP contribution >= 0.6 is 0 Å². The first-order valence-corrected chi connectivity index (χ1v) is 6.42. The summed E-state index contributed by atoms with van der Waals surface area (Å²) in [7, 11) is 0. The van der Waals surface area contributed by atoms with Gasteiger partial charge < -0.3 is 0 Å². The molecule has 0 amide bonds. The number of hydrogen-bond donors (Lipinski definition) is 0. The molecule has 0 fully saturated rings. The van der Waals surface area contributed by atoms with E-state index in [0.717, 1.165) is 0 Å². The molecule has 0 atom stereocenters. The predicted molar refractivity (Wildman–Crippen MR) is 59.3 cm³/mol. The second-order valence-electron chi connectivity index (χ2n) is 2.86. The van der Waals surface area contributed by atoms with Crippen LogP contribution < -0.4 is 8.70 Å². The van der Waals surface area contributed by atoms with Crippen LogP contribution in [0, 0.1) is 0 Å². The summed E-state index contributed by atoms with van der Waals surface area (Å²) in [4.78, 5) is 0. The molecule has 0 N–H and O–H groups in total. The zero-order chi connectivity index (χ0) is 8.93. The molecule has 0 bridgehead atoms. The summed E-state index contributed by atoms with van der Waals surface area (Å²) in [6.07, 6.45) is 0. The Kier molecular flexibility index (Phi) is 2.84. The van der Waals surface area contributed by atoms with Crippen LogP contribution in [0.1, 0.15) is 0 Å². The van der Waals surface area contributed by atoms with Crippen LogP contribution in [0.3, 0.4) is 0 Å². The predicted octanol–water partition coefficient (Wildman–Crippen LogP) is 1.07. The van der Waals surface area contributed by atoms with Gasteiger partial charge in [0.2, 0.25) is 0 Å². The summed E-state index contributed by atoms with van der Waals surface area (Å²) in [6.45, 7) is 0. The first-order valence-electron chi connectivity index (χ1n) is 4.32. The van der Waals surface area contributed by atoms with Crippen molar-refractivity contribution in [1.29, 1.82) is 0 Å². The van der Waals surface area contributed by atoms with E-state index < -0.39 is 0 Å². The van der Waals surface area contributed by atoms with Gasteiger partial charge in [0, 0.05) is 0 Å². The fourth-order valence-corrected chi connectivity index (χ4v) is 3.42. The summed E-state index contributed by atoms with van der Waals surface area (Å²) in [5.41, 5.74) is 0. The molecule has 0 saturated heterocycles. The van der Waals surface area contributed by atoms with E-state index in [0.29, 0.717) is 0 Å². The third kappa shape index (κ3) is 2.47. The Hall–Kier alpha value is -1.00. The van der Waals surface area contributed by atoms with E-state index in [1.165, 1.54) is 8.70 Å². The second kappa shape index (κ2) is 4.30. The molecule has 64 valence electrons. The molecule has 0 radical (unpaired) electrons. The van der Waals surface area contributed by atoms with Crippen molar-refractivity contribution in [1.82, 2.24) is 0 Å². The van der Waals surface area contributed by atoms with Crippen molar-refractivity contribution in [3.8, 4) is 0 Å². The first-order chi connectivity index (χ1) is 6.45. The molecule has 2 aromatic carbocycles. The van der Waals surface area contributed by atoms with Crippen molar-refractivity contribution in [2.24, 2.45) is 0 Å². The van der Waals surface area contributed by atoms with Gasteiger partial charge >= 0.3 is 85.1 Å². The van der Waals surface area contributed by atoms with E-state index in [2.05, 4.69) is 60.7 Å². The van der Waals surface area contributed by atoms with Crippen molar-refractivity contribution in [2.45, 2.75) is 0 Å². The second-order valence-corrected chi connectivity index (χ2v) is 5.80. The van der Waals surface area contributed by atoms with Gasteiger partial charge in [-0.25, -0.2) is 0 Å². The molecule has 2 aromatic rings. The number of hydrogen-bond acceptors (Lipinski definition) is 0. The summed E-state index contributed by atoms with van der Waals surface area (Å²) < 4.78 is 2.99. The standard InChI is InChI=1S/C12H11As/c1-3-7-11(8-4-1)13-12-9-5-2-6-10-12/h1-10,13H. The van der Waals surface area contributed by atoms with Crippen molar-refractivity contribution in [2.75, 3.05) is 0 Å². The molecule has 0 saturated carbocycles. The number of rotatable bonds is 2. The van der Waals surface area contributed by atoms with Crippen LogP contribution in [-0.2, 0) is 0 Å². The average molecular weight is 230 g/mol. The van der Waals surface area contributed by atoms with Gasteiger partial charge in [0.05, 0.1) is 0 Å². The topological polar surface area (TPSA) is 0 Å². The van der Waals surface area contributed by atoms with Crippen LogP contribution in [0.2, 0.25) is 0 Å². The zero-order valence-electron chi connectivity index (χ0n) is 7.27. The normalized spacial score (nSPS) is 9.85. The Bertz CT molecular complexity index is 316. The van der Waals surface area contributed by atoms with Crippen LogP contribution in [0.15, 0.2) is 60.7 Å². The van der Waals surface area contributed by atoms with Gasteiger partial charge in [-0.1, -0.05) is 0 Å². The summed E-state index contributed by atoms with van der Waals surface area (Å²) in [6, 6.07) is 21.5. The molecule has 0 aliphatic rings. The summed E-state index contributed by atoms with van der Waals surface area (Å²) in [5.74, 6) is 0. The monoisotopic (exact) mass is 230 g/mol. The van der Waals surface area contributed by atoms with Gasteiger partial charge in [-0.15, -0.1) is 0 Å². The van der Waals surface area contributed by atoms with Crippen molar-refractivity contribution < 1.29 is 0 Å². The van der Waals surface area contributed by atoms with Gasteiger partial charge in [0.1, 0.15) is 0 Å². The molecule has 0 spiro atoms. The third-order valence-electron chi connectivity index (χ3n) is 1.84. The average Bonchev–Trinajstić information content (AvgIpc) is 2.21. The first kappa shape index (κ1) is 8.59. The van der Waals surface area contributed by atoms with Gasteiger partial charge in [-0.3, -0.25) is 0 Å². The Morgan fingerprint density at radius 2 is 0.923 bits per heavy atom. The van der Waals surface area contributed by atoms with Gasteiger partial charge in [0.25, 0.3) is 0 Å². The van der Waals surface area contributed by atoms with Crippen LogP contribution in [0.25, 0.3) is 0 Å². The molecule has 0 aromatic heterocycles. The molecule has 0 heterocycles. The molecule has 0 aliphatic heterocycles. The molecule has 0 unspecified atom stereocenters. The van der Waals surface area contributed by atoms with E-state index >= 15 is 0 Å². The van der Waals surface area contributed by atoms with E-state index in [9.17, 15) is 0 Å². The maximum absolute atomic E-state index is 2.22. The number of benzene rings is 2. The van der Waals surface area contributed by atoms with E-state index in [4.69, 9.17) is 0 Å². The summed E-state index contributed by atoms with van der Waals surface area (Å²) in [5, 5.41) is 0. The fourth-order valence-electron chi connectivity index (χ4n) is 1.21. The van der Waals surface area contributed by atoms with Crippen molar-refractivity contribution >= 4 is 24.5 Å². The Balaban J connectivity index is 2.16. The van der Waals surface area contributed by atoms with Crippen molar-refractivity contribution in [3.63, 3.8) is 0 Å². The molecule has 2 rings (SSSR count). The Morgan fingerprint density at radius 3 is 1.31 bits per heavy atom. The summed E-state index contributed by atoms with van der Waals surface area (Å²) >= 11 is -0.108. The quantitative estimate of drug-likeness (QED) is 0.677. The van der Waals surface area contributed by atoms with E-state index in [1.807, 2.05) is 0 Å². The van der Waals surface area contributed by atoms with Gasteiger partial charge in [-0.2, -0.15) is 0 Å². The molecular formula is C12H11As. The van der Waals surface area contributed by atoms with Gasteiger partial charge in [-0.05, 0) is 0 Å². The SMILES string of the molecule is c1ccc([AsH]c2ccccc2)cc1. The molecule has 13 heavy (non-hydrogen) atoms. The van der Waals surface area contributed by atoms with Crippen LogP contribution in [-0.4, -0.2) is 15.8 Å². The minimum absolute atomic E-state index is 0.108. The van der Waals surface area contributed by atoms with E-state index in [1.54, 1.807) is 0 Å². The molecule has 0 aliphatic carbocycles. The Labute approximate surface area is 85.3 Å². The molecule has 0 nitrogen and oxygen atoms in total. The molecule has 1 heteroatoms. The van der Waals surface area contributed by atoms with E-state index in [-0.39, 0.29) is 15.8 Å². The van der Waals surface area contributed by atoms with Crippen molar-refractivity contribution in [3.05, 3.63) is 60.7 Å². The maximum atomic E-state index is 2.22. The van der Waals surface area contributed by atoms with Crippen LogP contribution in [0.4, 0.5) is 0 Å². The zero-order valence-corrected chi connectivity index (χ0v) is 9.37.